The summed E-state index contributed by atoms with van der Waals surface area (Å²) in [4.78, 5) is 14.9. The molecular weight excluding hydrogens is 351 g/mol. The lowest BCUT2D eigenvalue weighted by molar-refractivity contribution is -0.122. The van der Waals surface area contributed by atoms with Crippen molar-refractivity contribution in [3.05, 3.63) is 71.0 Å². The number of nitrogens with zero attached hydrogens (tertiary/aromatic N) is 1. The highest BCUT2D eigenvalue weighted by molar-refractivity contribution is 5.76. The number of carbonyl (C=O) groups excluding carboxylic acids is 1. The molecule has 2 aliphatic rings. The zero-order valence-electron chi connectivity index (χ0n) is 16.4. The summed E-state index contributed by atoms with van der Waals surface area (Å²) < 4.78 is 13.0. The lowest BCUT2D eigenvalue weighted by atomic mass is 10.0. The van der Waals surface area contributed by atoms with Gasteiger partial charge in [0.2, 0.25) is 5.91 Å². The second-order valence-electron chi connectivity index (χ2n) is 8.21. The number of amides is 1. The molecule has 28 heavy (non-hydrogen) atoms. The van der Waals surface area contributed by atoms with Gasteiger partial charge in [0, 0.05) is 25.0 Å². The van der Waals surface area contributed by atoms with Crippen molar-refractivity contribution in [3.8, 4) is 0 Å². The molecule has 0 spiro atoms. The molecular formula is C24H29FN2O. The first-order chi connectivity index (χ1) is 13.7. The standard InChI is InChI=1S/C24H29FN2O/c25-21-12-10-18(11-13-21)5-3-9-24(28)26-22-8-4-14-27(17-22)23-15-19-6-1-2-7-20(19)16-23/h1-2,6-7,10-13,22-23H,3-5,8-9,14-17H2,(H,26,28)/t22-/m1/s1. The van der Waals surface area contributed by atoms with Gasteiger partial charge in [-0.2, -0.15) is 0 Å². The predicted octanol–water partition coefficient (Wildman–Crippen LogP) is 3.90. The molecule has 0 radical (unpaired) electrons. The molecule has 4 heteroatoms. The predicted molar refractivity (Wildman–Crippen MR) is 110 cm³/mol. The number of rotatable bonds is 6. The van der Waals surface area contributed by atoms with Crippen LogP contribution in [-0.2, 0) is 24.1 Å². The highest BCUT2D eigenvalue weighted by Gasteiger charge is 2.30. The van der Waals surface area contributed by atoms with E-state index in [0.29, 0.717) is 12.5 Å². The first-order valence-electron chi connectivity index (χ1n) is 10.5. The van der Waals surface area contributed by atoms with Crippen LogP contribution in [0.4, 0.5) is 4.39 Å². The highest BCUT2D eigenvalue weighted by atomic mass is 19.1. The molecule has 1 saturated heterocycles. The Kier molecular flexibility index (Phi) is 6.06. The van der Waals surface area contributed by atoms with Gasteiger partial charge in [0.25, 0.3) is 0 Å². The Labute approximate surface area is 166 Å². The molecule has 1 fully saturated rings. The van der Waals surface area contributed by atoms with Crippen LogP contribution >= 0.6 is 0 Å². The molecule has 1 aliphatic heterocycles. The van der Waals surface area contributed by atoms with Crippen molar-refractivity contribution in [3.63, 3.8) is 0 Å². The van der Waals surface area contributed by atoms with Crippen LogP contribution in [0.5, 0.6) is 0 Å². The SMILES string of the molecule is O=C(CCCc1ccc(F)cc1)N[C@@H]1CCCN(C2Cc3ccccc3C2)C1. The third-order valence-electron chi connectivity index (χ3n) is 6.15. The Hall–Kier alpha value is -2.20. The van der Waals surface area contributed by atoms with E-state index < -0.39 is 0 Å². The van der Waals surface area contributed by atoms with Crippen LogP contribution in [0.2, 0.25) is 0 Å². The van der Waals surface area contributed by atoms with Crippen LogP contribution in [0.1, 0.15) is 42.4 Å². The number of fused-ring (bicyclic) bond motifs is 1. The van der Waals surface area contributed by atoms with Gasteiger partial charge in [0.05, 0.1) is 0 Å². The number of carbonyl (C=O) groups is 1. The van der Waals surface area contributed by atoms with Gasteiger partial charge in [0.1, 0.15) is 5.82 Å². The summed E-state index contributed by atoms with van der Waals surface area (Å²) in [5.74, 6) is -0.0719. The number of nitrogens with one attached hydrogen (secondary N) is 1. The Balaban J connectivity index is 1.21. The molecule has 0 aromatic heterocycles. The number of hydrogen-bond donors (Lipinski definition) is 1. The van der Waals surface area contributed by atoms with Crippen molar-refractivity contribution in [1.29, 1.82) is 0 Å². The first-order valence-corrected chi connectivity index (χ1v) is 10.5. The number of benzene rings is 2. The molecule has 1 amide bonds. The number of halogens is 1. The van der Waals surface area contributed by atoms with E-state index in [1.54, 1.807) is 12.1 Å². The van der Waals surface area contributed by atoms with Crippen molar-refractivity contribution >= 4 is 5.91 Å². The number of likely N-dealkylation sites (tertiary alicyclic amines) is 1. The third kappa shape index (κ3) is 4.79. The topological polar surface area (TPSA) is 32.3 Å². The minimum atomic E-state index is -0.214. The van der Waals surface area contributed by atoms with E-state index in [4.69, 9.17) is 0 Å². The minimum absolute atomic E-state index is 0.142. The van der Waals surface area contributed by atoms with Gasteiger partial charge in [-0.15, -0.1) is 0 Å². The summed E-state index contributed by atoms with van der Waals surface area (Å²) in [6.45, 7) is 2.10. The van der Waals surface area contributed by atoms with Gasteiger partial charge in [-0.25, -0.2) is 4.39 Å². The van der Waals surface area contributed by atoms with Crippen molar-refractivity contribution in [2.75, 3.05) is 13.1 Å². The largest absolute Gasteiger partial charge is 0.352 e. The fourth-order valence-electron chi connectivity index (χ4n) is 4.65. The molecule has 1 N–H and O–H groups in total. The van der Waals surface area contributed by atoms with E-state index in [-0.39, 0.29) is 17.8 Å². The van der Waals surface area contributed by atoms with E-state index in [9.17, 15) is 9.18 Å². The van der Waals surface area contributed by atoms with Crippen LogP contribution < -0.4 is 5.32 Å². The lowest BCUT2D eigenvalue weighted by Crippen LogP contribution is -2.51. The van der Waals surface area contributed by atoms with Crippen LogP contribution in [0.15, 0.2) is 48.5 Å². The molecule has 0 saturated carbocycles. The number of hydrogen-bond acceptors (Lipinski definition) is 2. The molecule has 1 atom stereocenters. The summed E-state index contributed by atoms with van der Waals surface area (Å²) in [5, 5.41) is 3.25. The average molecular weight is 381 g/mol. The maximum absolute atomic E-state index is 13.0. The molecule has 2 aromatic rings. The molecule has 4 rings (SSSR count). The number of aryl methyl sites for hydroxylation is 1. The van der Waals surface area contributed by atoms with Crippen molar-refractivity contribution in [2.45, 2.75) is 57.0 Å². The van der Waals surface area contributed by atoms with Crippen molar-refractivity contribution in [2.24, 2.45) is 0 Å². The van der Waals surface area contributed by atoms with Crippen LogP contribution in [0, 0.1) is 5.82 Å². The minimum Gasteiger partial charge on any atom is -0.352 e. The lowest BCUT2D eigenvalue weighted by Gasteiger charge is -2.37. The molecule has 1 heterocycles. The monoisotopic (exact) mass is 380 g/mol. The Morgan fingerprint density at radius 3 is 2.50 bits per heavy atom. The van der Waals surface area contributed by atoms with Gasteiger partial charge < -0.3 is 5.32 Å². The van der Waals surface area contributed by atoms with Crippen LogP contribution in [0.25, 0.3) is 0 Å². The van der Waals surface area contributed by atoms with E-state index in [2.05, 4.69) is 34.5 Å². The van der Waals surface area contributed by atoms with Gasteiger partial charge in [0.15, 0.2) is 0 Å². The van der Waals surface area contributed by atoms with Gasteiger partial charge in [-0.1, -0.05) is 36.4 Å². The molecule has 0 bridgehead atoms. The summed E-state index contributed by atoms with van der Waals surface area (Å²) >= 11 is 0. The van der Waals surface area contributed by atoms with E-state index >= 15 is 0 Å². The smallest absolute Gasteiger partial charge is 0.220 e. The Morgan fingerprint density at radius 2 is 1.79 bits per heavy atom. The second kappa shape index (κ2) is 8.87. The molecule has 1 aliphatic carbocycles. The summed E-state index contributed by atoms with van der Waals surface area (Å²) in [6.07, 6.45) is 6.62. The normalized spacial score (nSPS) is 20.1. The molecule has 0 unspecified atom stereocenters. The van der Waals surface area contributed by atoms with Crippen molar-refractivity contribution in [1.82, 2.24) is 10.2 Å². The van der Waals surface area contributed by atoms with Gasteiger partial charge in [-0.05, 0) is 73.9 Å². The summed E-state index contributed by atoms with van der Waals surface area (Å²) in [6, 6.07) is 16.2. The fraction of sp³-hybridized carbons (Fsp3) is 0.458. The highest BCUT2D eigenvalue weighted by Crippen LogP contribution is 2.27. The maximum atomic E-state index is 13.0. The van der Waals surface area contributed by atoms with Crippen LogP contribution in [0.3, 0.4) is 0 Å². The summed E-state index contributed by atoms with van der Waals surface area (Å²) in [7, 11) is 0. The zero-order chi connectivity index (χ0) is 19.3. The average Bonchev–Trinajstić information content (AvgIpc) is 3.14. The first kappa shape index (κ1) is 19.1. The molecule has 148 valence electrons. The Morgan fingerprint density at radius 1 is 1.07 bits per heavy atom. The Bertz CT molecular complexity index is 780. The molecule has 3 nitrogen and oxygen atoms in total. The fourth-order valence-corrected chi connectivity index (χ4v) is 4.65. The van der Waals surface area contributed by atoms with E-state index in [0.717, 1.165) is 57.2 Å². The number of piperidine rings is 1. The third-order valence-corrected chi connectivity index (χ3v) is 6.15. The zero-order valence-corrected chi connectivity index (χ0v) is 16.4. The summed E-state index contributed by atoms with van der Waals surface area (Å²) in [5.41, 5.74) is 4.05. The van der Waals surface area contributed by atoms with Gasteiger partial charge in [-0.3, -0.25) is 9.69 Å². The van der Waals surface area contributed by atoms with Crippen LogP contribution in [-0.4, -0.2) is 36.0 Å². The van der Waals surface area contributed by atoms with Crippen molar-refractivity contribution < 1.29 is 9.18 Å². The molecule has 2 aromatic carbocycles. The van der Waals surface area contributed by atoms with E-state index in [1.165, 1.54) is 23.3 Å². The van der Waals surface area contributed by atoms with Gasteiger partial charge >= 0.3 is 0 Å². The second-order valence-corrected chi connectivity index (χ2v) is 8.21. The maximum Gasteiger partial charge on any atom is 0.220 e. The quantitative estimate of drug-likeness (QED) is 0.824. The van der Waals surface area contributed by atoms with E-state index in [1.807, 2.05) is 0 Å².